The van der Waals surface area contributed by atoms with Gasteiger partial charge in [0.25, 0.3) is 0 Å². The van der Waals surface area contributed by atoms with E-state index in [-0.39, 0.29) is 12.3 Å². The van der Waals surface area contributed by atoms with E-state index in [1.54, 1.807) is 7.05 Å². The Hall–Kier alpha value is -1.05. The minimum Gasteiger partial charge on any atom is -0.351 e. The maximum absolute atomic E-state index is 5.55. The SMILES string of the molecule is CCOC(OCC)C(Cc1nnn(C)n1)NC. The highest BCUT2D eigenvalue weighted by Gasteiger charge is 2.22. The minimum absolute atomic E-state index is 0.0131. The molecule has 0 aliphatic heterocycles. The maximum atomic E-state index is 5.55. The van der Waals surface area contributed by atoms with Gasteiger partial charge in [0.05, 0.1) is 13.1 Å². The van der Waals surface area contributed by atoms with Crippen LogP contribution in [0.3, 0.4) is 0 Å². The molecule has 0 saturated carbocycles. The molecule has 0 amide bonds. The Morgan fingerprint density at radius 2 is 1.94 bits per heavy atom. The molecule has 0 aliphatic carbocycles. The molecular formula is C10H21N5O2. The second kappa shape index (κ2) is 7.31. The summed E-state index contributed by atoms with van der Waals surface area (Å²) in [7, 11) is 3.61. The van der Waals surface area contributed by atoms with Crippen LogP contribution in [0.25, 0.3) is 0 Å². The van der Waals surface area contributed by atoms with Crippen molar-refractivity contribution >= 4 is 0 Å². The van der Waals surface area contributed by atoms with E-state index in [1.165, 1.54) is 4.80 Å². The number of likely N-dealkylation sites (N-methyl/N-ethyl adjacent to an activating group) is 1. The molecule has 1 N–H and O–H groups in total. The summed E-state index contributed by atoms with van der Waals surface area (Å²) in [6.07, 6.45) is 0.327. The topological polar surface area (TPSA) is 74.1 Å². The van der Waals surface area contributed by atoms with Gasteiger partial charge in [-0.2, -0.15) is 4.80 Å². The van der Waals surface area contributed by atoms with Crippen molar-refractivity contribution in [1.82, 2.24) is 25.5 Å². The van der Waals surface area contributed by atoms with E-state index in [2.05, 4.69) is 20.7 Å². The zero-order valence-corrected chi connectivity index (χ0v) is 10.9. The van der Waals surface area contributed by atoms with Crippen LogP contribution in [0.15, 0.2) is 0 Å². The van der Waals surface area contributed by atoms with Gasteiger partial charge in [-0.15, -0.1) is 10.2 Å². The quantitative estimate of drug-likeness (QED) is 0.634. The van der Waals surface area contributed by atoms with E-state index < -0.39 is 0 Å². The van der Waals surface area contributed by atoms with Crippen LogP contribution < -0.4 is 5.32 Å². The molecule has 1 aromatic heterocycles. The molecule has 0 radical (unpaired) electrons. The standard InChI is InChI=1S/C10H21N5O2/c1-5-16-10(17-6-2)8(11-3)7-9-12-14-15(4)13-9/h8,10-11H,5-7H2,1-4H3. The molecule has 98 valence electrons. The molecule has 0 fully saturated rings. The lowest BCUT2D eigenvalue weighted by Gasteiger charge is -2.25. The van der Waals surface area contributed by atoms with Gasteiger partial charge in [0, 0.05) is 19.6 Å². The van der Waals surface area contributed by atoms with Gasteiger partial charge in [0.2, 0.25) is 0 Å². The molecule has 1 rings (SSSR count). The number of hydrogen-bond donors (Lipinski definition) is 1. The number of rotatable bonds is 8. The van der Waals surface area contributed by atoms with Crippen LogP contribution in [-0.2, 0) is 22.9 Å². The van der Waals surface area contributed by atoms with E-state index in [4.69, 9.17) is 9.47 Å². The van der Waals surface area contributed by atoms with Gasteiger partial charge in [0.15, 0.2) is 12.1 Å². The normalized spacial score (nSPS) is 13.2. The predicted octanol–water partition coefficient (Wildman–Crippen LogP) is -0.260. The second-order valence-corrected chi connectivity index (χ2v) is 3.57. The highest BCUT2D eigenvalue weighted by Crippen LogP contribution is 2.06. The van der Waals surface area contributed by atoms with Crippen LogP contribution in [0.5, 0.6) is 0 Å². The molecule has 1 atom stereocenters. The van der Waals surface area contributed by atoms with Crippen molar-refractivity contribution in [1.29, 1.82) is 0 Å². The van der Waals surface area contributed by atoms with E-state index in [0.29, 0.717) is 25.5 Å². The Balaban J connectivity index is 2.61. The van der Waals surface area contributed by atoms with Crippen LogP contribution in [0.4, 0.5) is 0 Å². The summed E-state index contributed by atoms with van der Waals surface area (Å²) in [6.45, 7) is 5.10. The number of aryl methyl sites for hydroxylation is 1. The van der Waals surface area contributed by atoms with Crippen molar-refractivity contribution in [3.8, 4) is 0 Å². The number of tetrazole rings is 1. The summed E-state index contributed by atoms with van der Waals surface area (Å²) >= 11 is 0. The third-order valence-corrected chi connectivity index (χ3v) is 2.31. The fraction of sp³-hybridized carbons (Fsp3) is 0.900. The van der Waals surface area contributed by atoms with Crippen molar-refractivity contribution in [3.63, 3.8) is 0 Å². The largest absolute Gasteiger partial charge is 0.351 e. The lowest BCUT2D eigenvalue weighted by atomic mass is 10.2. The van der Waals surface area contributed by atoms with E-state index in [1.807, 2.05) is 20.9 Å². The van der Waals surface area contributed by atoms with Crippen molar-refractivity contribution in [2.75, 3.05) is 20.3 Å². The first kappa shape index (κ1) is 14.0. The summed E-state index contributed by atoms with van der Waals surface area (Å²) in [5.74, 6) is 0.677. The second-order valence-electron chi connectivity index (χ2n) is 3.57. The molecule has 0 saturated heterocycles. The summed E-state index contributed by atoms with van der Waals surface area (Å²) in [6, 6.07) is 0.0131. The van der Waals surface area contributed by atoms with Gasteiger partial charge in [-0.1, -0.05) is 0 Å². The average molecular weight is 243 g/mol. The summed E-state index contributed by atoms with van der Waals surface area (Å²) < 4.78 is 11.1. The van der Waals surface area contributed by atoms with Crippen LogP contribution in [0.2, 0.25) is 0 Å². The first-order valence-electron chi connectivity index (χ1n) is 5.84. The van der Waals surface area contributed by atoms with Crippen molar-refractivity contribution in [3.05, 3.63) is 5.82 Å². The number of ether oxygens (including phenoxy) is 2. The lowest BCUT2D eigenvalue weighted by molar-refractivity contribution is -0.153. The molecule has 17 heavy (non-hydrogen) atoms. The van der Waals surface area contributed by atoms with Gasteiger partial charge in [-0.25, -0.2) is 0 Å². The smallest absolute Gasteiger partial charge is 0.176 e. The number of aromatic nitrogens is 4. The fourth-order valence-corrected chi connectivity index (χ4v) is 1.55. The summed E-state index contributed by atoms with van der Waals surface area (Å²) in [5, 5.41) is 15.1. The molecule has 0 aliphatic rings. The zero-order valence-electron chi connectivity index (χ0n) is 10.9. The van der Waals surface area contributed by atoms with E-state index in [9.17, 15) is 0 Å². The first-order valence-corrected chi connectivity index (χ1v) is 5.84. The molecule has 7 heteroatoms. The van der Waals surface area contributed by atoms with Crippen molar-refractivity contribution < 1.29 is 9.47 Å². The molecule has 0 bridgehead atoms. The predicted molar refractivity (Wildman–Crippen MR) is 62.4 cm³/mol. The van der Waals surface area contributed by atoms with Crippen LogP contribution in [0, 0.1) is 0 Å². The van der Waals surface area contributed by atoms with Gasteiger partial charge in [0.1, 0.15) is 0 Å². The van der Waals surface area contributed by atoms with Crippen molar-refractivity contribution in [2.24, 2.45) is 7.05 Å². The van der Waals surface area contributed by atoms with Gasteiger partial charge < -0.3 is 14.8 Å². The Morgan fingerprint density at radius 3 is 2.35 bits per heavy atom. The van der Waals surface area contributed by atoms with Crippen LogP contribution in [0.1, 0.15) is 19.7 Å². The summed E-state index contributed by atoms with van der Waals surface area (Å²) in [5.41, 5.74) is 0. The van der Waals surface area contributed by atoms with E-state index in [0.717, 1.165) is 0 Å². The minimum atomic E-state index is -0.293. The number of nitrogens with one attached hydrogen (secondary N) is 1. The molecule has 0 aromatic carbocycles. The highest BCUT2D eigenvalue weighted by molar-refractivity contribution is 4.85. The third-order valence-electron chi connectivity index (χ3n) is 2.31. The van der Waals surface area contributed by atoms with E-state index >= 15 is 0 Å². The van der Waals surface area contributed by atoms with Crippen LogP contribution in [-0.4, -0.2) is 52.8 Å². The number of nitrogens with zero attached hydrogens (tertiary/aromatic N) is 4. The monoisotopic (exact) mass is 243 g/mol. The molecule has 7 nitrogen and oxygen atoms in total. The maximum Gasteiger partial charge on any atom is 0.176 e. The molecule has 1 aromatic rings. The van der Waals surface area contributed by atoms with Gasteiger partial charge in [-0.05, 0) is 26.1 Å². The Kier molecular flexibility index (Phi) is 6.03. The van der Waals surface area contributed by atoms with Crippen LogP contribution >= 0.6 is 0 Å². The number of hydrogen-bond acceptors (Lipinski definition) is 6. The Bertz CT molecular complexity index is 311. The molecule has 1 heterocycles. The fourth-order valence-electron chi connectivity index (χ4n) is 1.55. The van der Waals surface area contributed by atoms with Gasteiger partial charge >= 0.3 is 0 Å². The molecule has 1 unspecified atom stereocenters. The zero-order chi connectivity index (χ0) is 12.7. The third kappa shape index (κ3) is 4.37. The Morgan fingerprint density at radius 1 is 1.29 bits per heavy atom. The average Bonchev–Trinajstić information content (AvgIpc) is 2.72. The highest BCUT2D eigenvalue weighted by atomic mass is 16.7. The summed E-state index contributed by atoms with van der Waals surface area (Å²) in [4.78, 5) is 1.44. The molecule has 0 spiro atoms. The lowest BCUT2D eigenvalue weighted by Crippen LogP contribution is -2.43. The van der Waals surface area contributed by atoms with Gasteiger partial charge in [-0.3, -0.25) is 0 Å². The molecular weight excluding hydrogens is 222 g/mol. The van der Waals surface area contributed by atoms with Crippen molar-refractivity contribution in [2.45, 2.75) is 32.6 Å². The Labute approximate surface area is 101 Å². The first-order chi connectivity index (χ1) is 8.21.